The fourth-order valence-electron chi connectivity index (χ4n) is 2.15. The molecule has 0 bridgehead atoms. The predicted molar refractivity (Wildman–Crippen MR) is 73.3 cm³/mol. The maximum absolute atomic E-state index is 12.0. The van der Waals surface area contributed by atoms with Gasteiger partial charge in [-0.1, -0.05) is 44.9 Å². The molecule has 22 heavy (non-hydrogen) atoms. The molecular formula is C16H18O6-2. The molecule has 1 aromatic rings. The Balaban J connectivity index is 3.12. The first-order valence-electron chi connectivity index (χ1n) is 7.08. The topological polar surface area (TPSA) is 107 Å². The van der Waals surface area contributed by atoms with E-state index in [0.717, 1.165) is 0 Å². The average molecular weight is 306 g/mol. The van der Waals surface area contributed by atoms with E-state index in [9.17, 15) is 24.6 Å². The third-order valence-electron chi connectivity index (χ3n) is 3.67. The maximum atomic E-state index is 12.0. The van der Waals surface area contributed by atoms with Crippen molar-refractivity contribution < 1.29 is 29.3 Å². The van der Waals surface area contributed by atoms with Crippen molar-refractivity contribution in [3.05, 3.63) is 35.9 Å². The van der Waals surface area contributed by atoms with Crippen LogP contribution in [0.4, 0.5) is 0 Å². The summed E-state index contributed by atoms with van der Waals surface area (Å²) in [6.45, 7) is 3.59. The van der Waals surface area contributed by atoms with Crippen molar-refractivity contribution in [2.45, 2.75) is 38.7 Å². The second-order valence-corrected chi connectivity index (χ2v) is 5.04. The van der Waals surface area contributed by atoms with Crippen LogP contribution in [0, 0.1) is 5.92 Å². The van der Waals surface area contributed by atoms with Gasteiger partial charge in [-0.3, -0.25) is 0 Å². The minimum atomic E-state index is -2.79. The summed E-state index contributed by atoms with van der Waals surface area (Å²) in [5, 5.41) is 22.8. The third kappa shape index (κ3) is 3.84. The van der Waals surface area contributed by atoms with Crippen LogP contribution >= 0.6 is 0 Å². The van der Waals surface area contributed by atoms with E-state index in [2.05, 4.69) is 0 Å². The van der Waals surface area contributed by atoms with Crippen LogP contribution < -0.4 is 10.2 Å². The lowest BCUT2D eigenvalue weighted by Crippen LogP contribution is -2.62. The number of esters is 1. The number of hydrogen-bond acceptors (Lipinski definition) is 6. The highest BCUT2D eigenvalue weighted by Gasteiger charge is 2.40. The molecule has 0 fully saturated rings. The van der Waals surface area contributed by atoms with Crippen molar-refractivity contribution in [2.75, 3.05) is 0 Å². The lowest BCUT2D eigenvalue weighted by Gasteiger charge is -2.37. The number of rotatable bonds is 8. The molecule has 0 aromatic heterocycles. The van der Waals surface area contributed by atoms with Gasteiger partial charge >= 0.3 is 5.97 Å². The average Bonchev–Trinajstić information content (AvgIpc) is 2.51. The minimum absolute atomic E-state index is 0.0546. The molecule has 0 aliphatic heterocycles. The lowest BCUT2D eigenvalue weighted by atomic mass is 9.87. The Morgan fingerprint density at radius 3 is 1.95 bits per heavy atom. The van der Waals surface area contributed by atoms with Crippen LogP contribution in [-0.2, 0) is 14.3 Å². The largest absolute Gasteiger partial charge is 0.545 e. The van der Waals surface area contributed by atoms with Crippen molar-refractivity contribution in [2.24, 2.45) is 5.92 Å². The molecule has 0 atom stereocenters. The fraction of sp³-hybridized carbons (Fsp3) is 0.438. The van der Waals surface area contributed by atoms with Gasteiger partial charge in [0, 0.05) is 6.42 Å². The summed E-state index contributed by atoms with van der Waals surface area (Å²) in [5.41, 5.74) is -2.73. The van der Waals surface area contributed by atoms with Crippen LogP contribution in [0.5, 0.6) is 0 Å². The normalized spacial score (nSPS) is 11.2. The van der Waals surface area contributed by atoms with Gasteiger partial charge in [-0.25, -0.2) is 4.79 Å². The van der Waals surface area contributed by atoms with Crippen LogP contribution in [0.2, 0.25) is 0 Å². The summed E-state index contributed by atoms with van der Waals surface area (Å²) in [4.78, 5) is 34.8. The summed E-state index contributed by atoms with van der Waals surface area (Å²) in [7, 11) is 0. The van der Waals surface area contributed by atoms with Crippen molar-refractivity contribution >= 4 is 17.9 Å². The molecule has 0 radical (unpaired) electrons. The van der Waals surface area contributed by atoms with E-state index in [1.807, 2.05) is 0 Å². The lowest BCUT2D eigenvalue weighted by molar-refractivity contribution is -0.350. The molecule has 1 rings (SSSR count). The number of aliphatic carboxylic acids is 2. The second-order valence-electron chi connectivity index (χ2n) is 5.04. The molecule has 0 spiro atoms. The highest BCUT2D eigenvalue weighted by Crippen LogP contribution is 2.26. The highest BCUT2D eigenvalue weighted by molar-refractivity contribution is 6.03. The smallest absolute Gasteiger partial charge is 0.339 e. The molecule has 0 amide bonds. The van der Waals surface area contributed by atoms with E-state index in [0.29, 0.717) is 12.8 Å². The fourth-order valence-corrected chi connectivity index (χ4v) is 2.15. The Kier molecular flexibility index (Phi) is 6.10. The van der Waals surface area contributed by atoms with Crippen LogP contribution in [0.15, 0.2) is 30.3 Å². The number of carbonyl (C=O) groups excluding carboxylic acids is 3. The van der Waals surface area contributed by atoms with Crippen LogP contribution in [0.3, 0.4) is 0 Å². The van der Waals surface area contributed by atoms with Gasteiger partial charge in [0.25, 0.3) is 0 Å². The molecule has 6 nitrogen and oxygen atoms in total. The number of carboxylic acids is 2. The Morgan fingerprint density at radius 1 is 1.05 bits per heavy atom. The number of hydrogen-bond donors (Lipinski definition) is 0. The van der Waals surface area contributed by atoms with E-state index in [-0.39, 0.29) is 17.9 Å². The van der Waals surface area contributed by atoms with Crippen LogP contribution in [-0.4, -0.2) is 23.5 Å². The highest BCUT2D eigenvalue weighted by atomic mass is 16.6. The molecule has 0 aliphatic rings. The minimum Gasteiger partial charge on any atom is -0.545 e. The van der Waals surface area contributed by atoms with Gasteiger partial charge in [0.1, 0.15) is 0 Å². The molecule has 0 saturated heterocycles. The predicted octanol–water partition coefficient (Wildman–Crippen LogP) is -0.0917. The number of benzene rings is 1. The number of carbonyl (C=O) groups is 3. The summed E-state index contributed by atoms with van der Waals surface area (Å²) < 4.78 is 4.82. The molecule has 1 aromatic carbocycles. The zero-order valence-electron chi connectivity index (χ0n) is 12.5. The molecule has 0 unspecified atom stereocenters. The van der Waals surface area contributed by atoms with E-state index in [1.54, 1.807) is 32.0 Å². The zero-order valence-corrected chi connectivity index (χ0v) is 12.5. The zero-order chi connectivity index (χ0) is 16.8. The number of ether oxygens (including phenoxy) is 1. The van der Waals surface area contributed by atoms with Crippen molar-refractivity contribution in [1.29, 1.82) is 0 Å². The standard InChI is InChI=1S/C16H20O6/c1-3-11(4-2)10-16(14(18)19,15(20)21)22-13(17)12-8-6-5-7-9-12/h5-9,11H,3-4,10H2,1-2H3,(H,18,19)(H,20,21)/p-2. The molecule has 0 heterocycles. The van der Waals surface area contributed by atoms with E-state index < -0.39 is 23.5 Å². The molecule has 6 heteroatoms. The van der Waals surface area contributed by atoms with Gasteiger partial charge < -0.3 is 24.5 Å². The Bertz CT molecular complexity index is 519. The SMILES string of the molecule is CCC(CC)CC(OC(=O)c1ccccc1)(C(=O)[O-])C(=O)[O-]. The van der Waals surface area contributed by atoms with Gasteiger partial charge in [-0.2, -0.15) is 0 Å². The van der Waals surface area contributed by atoms with E-state index in [1.165, 1.54) is 12.1 Å². The van der Waals surface area contributed by atoms with Gasteiger partial charge in [0.2, 0.25) is 0 Å². The first kappa shape index (κ1) is 17.7. The quantitative estimate of drug-likeness (QED) is 0.490. The second kappa shape index (κ2) is 7.59. The molecule has 0 saturated carbocycles. The van der Waals surface area contributed by atoms with Crippen LogP contribution in [0.25, 0.3) is 0 Å². The van der Waals surface area contributed by atoms with Crippen molar-refractivity contribution in [3.8, 4) is 0 Å². The summed E-state index contributed by atoms with van der Waals surface area (Å²) in [5.74, 6) is -5.26. The molecule has 120 valence electrons. The van der Waals surface area contributed by atoms with Gasteiger partial charge in [0.15, 0.2) is 5.60 Å². The molecular weight excluding hydrogens is 288 g/mol. The molecule has 0 N–H and O–H groups in total. The van der Waals surface area contributed by atoms with E-state index in [4.69, 9.17) is 4.74 Å². The third-order valence-corrected chi connectivity index (χ3v) is 3.67. The van der Waals surface area contributed by atoms with Crippen molar-refractivity contribution in [3.63, 3.8) is 0 Å². The monoisotopic (exact) mass is 306 g/mol. The summed E-state index contributed by atoms with van der Waals surface area (Å²) in [6.07, 6.45) is 0.701. The Labute approximate surface area is 128 Å². The van der Waals surface area contributed by atoms with Gasteiger partial charge in [-0.05, 0) is 18.1 Å². The Hall–Kier alpha value is -2.37. The summed E-state index contributed by atoms with van der Waals surface area (Å²) in [6, 6.07) is 7.56. The maximum Gasteiger partial charge on any atom is 0.339 e. The summed E-state index contributed by atoms with van der Waals surface area (Å²) >= 11 is 0. The Morgan fingerprint density at radius 2 is 1.55 bits per heavy atom. The first-order valence-corrected chi connectivity index (χ1v) is 7.08. The van der Waals surface area contributed by atoms with Gasteiger partial charge in [-0.15, -0.1) is 0 Å². The number of carboxylic acid groups (broad SMARTS) is 2. The van der Waals surface area contributed by atoms with Crippen molar-refractivity contribution in [1.82, 2.24) is 0 Å². The first-order chi connectivity index (χ1) is 10.4. The molecule has 0 aliphatic carbocycles. The van der Waals surface area contributed by atoms with Crippen LogP contribution in [0.1, 0.15) is 43.5 Å². The van der Waals surface area contributed by atoms with Gasteiger partial charge in [0.05, 0.1) is 17.5 Å². The van der Waals surface area contributed by atoms with E-state index >= 15 is 0 Å².